The minimum atomic E-state index is -1.22. The molecule has 5 rings (SSSR count). The van der Waals surface area contributed by atoms with E-state index in [2.05, 4.69) is 11.4 Å². The third-order valence-corrected chi connectivity index (χ3v) is 6.38. The van der Waals surface area contributed by atoms with Crippen molar-refractivity contribution in [3.05, 3.63) is 83.4 Å². The van der Waals surface area contributed by atoms with Crippen LogP contribution in [0.4, 0.5) is 4.79 Å². The van der Waals surface area contributed by atoms with Gasteiger partial charge in [-0.1, -0.05) is 66.7 Å². The van der Waals surface area contributed by atoms with Crippen molar-refractivity contribution in [2.75, 3.05) is 13.1 Å². The number of nitrogens with zero attached hydrogens (tertiary/aromatic N) is 2. The molecule has 0 bridgehead atoms. The molecule has 0 unspecified atom stereocenters. The molecule has 2 heterocycles. The minimum absolute atomic E-state index is 0.222. The van der Waals surface area contributed by atoms with Crippen LogP contribution in [0.2, 0.25) is 0 Å². The maximum absolute atomic E-state index is 13.4. The van der Waals surface area contributed by atoms with E-state index in [-0.39, 0.29) is 12.5 Å². The molecule has 0 spiro atoms. The van der Waals surface area contributed by atoms with Crippen molar-refractivity contribution in [3.8, 4) is 0 Å². The first kappa shape index (κ1) is 19.3. The third-order valence-electron chi connectivity index (χ3n) is 6.38. The Hall–Kier alpha value is -3.67. The van der Waals surface area contributed by atoms with Crippen molar-refractivity contribution in [3.63, 3.8) is 0 Å². The predicted molar refractivity (Wildman–Crippen MR) is 117 cm³/mol. The highest BCUT2D eigenvalue weighted by Crippen LogP contribution is 2.34. The molecule has 1 saturated heterocycles. The van der Waals surface area contributed by atoms with Crippen LogP contribution in [-0.4, -0.2) is 40.7 Å². The van der Waals surface area contributed by atoms with Crippen LogP contribution in [0.5, 0.6) is 0 Å². The van der Waals surface area contributed by atoms with Gasteiger partial charge in [0, 0.05) is 13.1 Å². The smallest absolute Gasteiger partial charge is 0.325 e. The number of benzene rings is 3. The number of carbonyl (C=O) groups is 3. The number of amides is 4. The van der Waals surface area contributed by atoms with Gasteiger partial charge < -0.3 is 10.2 Å². The molecular formula is C25H23N3O3. The highest BCUT2D eigenvalue weighted by atomic mass is 16.2. The number of urea groups is 1. The number of carbonyl (C=O) groups excluding carboxylic acids is 3. The molecule has 3 aromatic rings. The first-order valence-corrected chi connectivity index (χ1v) is 10.4. The van der Waals surface area contributed by atoms with Crippen LogP contribution in [0.1, 0.15) is 23.6 Å². The van der Waals surface area contributed by atoms with Crippen LogP contribution in [0, 0.1) is 0 Å². The summed E-state index contributed by atoms with van der Waals surface area (Å²) >= 11 is 0. The highest BCUT2D eigenvalue weighted by molar-refractivity contribution is 6.10. The molecule has 0 radical (unpaired) electrons. The van der Waals surface area contributed by atoms with Crippen molar-refractivity contribution in [1.82, 2.24) is 15.1 Å². The number of imide groups is 1. The predicted octanol–water partition coefficient (Wildman–Crippen LogP) is 3.19. The summed E-state index contributed by atoms with van der Waals surface area (Å²) in [6, 6.07) is 21.0. The molecule has 156 valence electrons. The van der Waals surface area contributed by atoms with Gasteiger partial charge >= 0.3 is 6.03 Å². The molecule has 0 aromatic heterocycles. The lowest BCUT2D eigenvalue weighted by Crippen LogP contribution is -2.45. The summed E-state index contributed by atoms with van der Waals surface area (Å²) in [5.74, 6) is -0.625. The van der Waals surface area contributed by atoms with E-state index in [0.717, 1.165) is 33.2 Å². The van der Waals surface area contributed by atoms with Gasteiger partial charge in [0.2, 0.25) is 5.91 Å². The second-order valence-electron chi connectivity index (χ2n) is 8.31. The van der Waals surface area contributed by atoms with Gasteiger partial charge in [-0.3, -0.25) is 14.5 Å². The monoisotopic (exact) mass is 413 g/mol. The topological polar surface area (TPSA) is 69.7 Å². The average molecular weight is 413 g/mol. The Morgan fingerprint density at radius 3 is 2.52 bits per heavy atom. The molecule has 1 N–H and O–H groups in total. The Kier molecular flexibility index (Phi) is 4.50. The van der Waals surface area contributed by atoms with Gasteiger partial charge in [0.25, 0.3) is 5.91 Å². The molecule has 4 amide bonds. The second-order valence-corrected chi connectivity index (χ2v) is 8.31. The summed E-state index contributed by atoms with van der Waals surface area (Å²) in [4.78, 5) is 41.9. The third kappa shape index (κ3) is 3.15. The molecule has 31 heavy (non-hydrogen) atoms. The lowest BCUT2D eigenvalue weighted by atomic mass is 9.88. The van der Waals surface area contributed by atoms with E-state index in [9.17, 15) is 14.4 Å². The summed E-state index contributed by atoms with van der Waals surface area (Å²) in [6.07, 6.45) is 0.774. The Morgan fingerprint density at radius 1 is 0.968 bits per heavy atom. The molecule has 0 aliphatic carbocycles. The zero-order chi connectivity index (χ0) is 21.6. The summed E-state index contributed by atoms with van der Waals surface area (Å²) in [5, 5.41) is 4.72. The lowest BCUT2D eigenvalue weighted by molar-refractivity contribution is -0.139. The van der Waals surface area contributed by atoms with Crippen LogP contribution in [0.25, 0.3) is 10.8 Å². The number of nitrogens with one attached hydrogen (secondary N) is 1. The van der Waals surface area contributed by atoms with E-state index in [1.165, 1.54) is 5.56 Å². The number of hydrogen-bond acceptors (Lipinski definition) is 3. The fourth-order valence-corrected chi connectivity index (χ4v) is 4.63. The van der Waals surface area contributed by atoms with E-state index in [0.29, 0.717) is 13.1 Å². The zero-order valence-electron chi connectivity index (χ0n) is 17.3. The van der Waals surface area contributed by atoms with E-state index >= 15 is 0 Å². The molecule has 1 fully saturated rings. The van der Waals surface area contributed by atoms with E-state index in [1.54, 1.807) is 11.8 Å². The van der Waals surface area contributed by atoms with E-state index < -0.39 is 17.5 Å². The van der Waals surface area contributed by atoms with Gasteiger partial charge in [-0.2, -0.15) is 0 Å². The molecule has 1 atom stereocenters. The molecule has 3 aromatic carbocycles. The van der Waals surface area contributed by atoms with Crippen molar-refractivity contribution < 1.29 is 14.4 Å². The van der Waals surface area contributed by atoms with Gasteiger partial charge in [-0.05, 0) is 40.8 Å². The van der Waals surface area contributed by atoms with Gasteiger partial charge in [0.05, 0.1) is 0 Å². The average Bonchev–Trinajstić information content (AvgIpc) is 3.02. The second kappa shape index (κ2) is 7.23. The van der Waals surface area contributed by atoms with Gasteiger partial charge in [0.15, 0.2) is 0 Å². The largest absolute Gasteiger partial charge is 0.336 e. The summed E-state index contributed by atoms with van der Waals surface area (Å²) in [6.45, 7) is 2.53. The molecular weight excluding hydrogens is 390 g/mol. The first-order chi connectivity index (χ1) is 15.0. The molecule has 6 nitrogen and oxygen atoms in total. The van der Waals surface area contributed by atoms with E-state index in [4.69, 9.17) is 0 Å². The lowest BCUT2D eigenvalue weighted by Gasteiger charge is -2.30. The number of rotatable bonds is 3. The van der Waals surface area contributed by atoms with Crippen molar-refractivity contribution in [1.29, 1.82) is 0 Å². The van der Waals surface area contributed by atoms with Crippen LogP contribution >= 0.6 is 0 Å². The molecule has 6 heteroatoms. The Labute approximate surface area is 180 Å². The van der Waals surface area contributed by atoms with Gasteiger partial charge in [-0.15, -0.1) is 0 Å². The number of hydrogen-bond donors (Lipinski definition) is 1. The van der Waals surface area contributed by atoms with Crippen LogP contribution in [0.3, 0.4) is 0 Å². The van der Waals surface area contributed by atoms with Gasteiger partial charge in [-0.25, -0.2) is 4.79 Å². The summed E-state index contributed by atoms with van der Waals surface area (Å²) < 4.78 is 0. The van der Waals surface area contributed by atoms with Crippen molar-refractivity contribution >= 4 is 28.6 Å². The fraction of sp³-hybridized carbons (Fsp3) is 0.240. The number of fused-ring (bicyclic) bond motifs is 2. The minimum Gasteiger partial charge on any atom is -0.336 e. The Bertz CT molecular complexity index is 1220. The summed E-state index contributed by atoms with van der Waals surface area (Å²) in [7, 11) is 0. The SMILES string of the molecule is C[C@]1(c2cccc3ccccc23)NC(=O)N(CC(=O)N2CCc3ccccc3C2)C1=O. The Morgan fingerprint density at radius 2 is 1.68 bits per heavy atom. The molecule has 2 aliphatic heterocycles. The highest BCUT2D eigenvalue weighted by Gasteiger charge is 2.50. The molecule has 2 aliphatic rings. The zero-order valence-corrected chi connectivity index (χ0v) is 17.3. The van der Waals surface area contributed by atoms with E-state index in [1.807, 2.05) is 60.7 Å². The fourth-order valence-electron chi connectivity index (χ4n) is 4.63. The maximum Gasteiger partial charge on any atom is 0.325 e. The van der Waals surface area contributed by atoms with Crippen LogP contribution in [-0.2, 0) is 28.1 Å². The normalized spacial score (nSPS) is 20.7. The Balaban J connectivity index is 1.39. The summed E-state index contributed by atoms with van der Waals surface area (Å²) in [5.41, 5.74) is 1.86. The van der Waals surface area contributed by atoms with Crippen LogP contribution in [0.15, 0.2) is 66.7 Å². The standard InChI is InChI=1S/C25H23N3O3/c1-25(21-12-6-10-18-8-4-5-11-20(18)21)23(30)28(24(31)26-25)16-22(29)27-14-13-17-7-2-3-9-19(17)15-27/h2-12H,13-16H2,1H3,(H,26,31)/t25-/m1/s1. The van der Waals surface area contributed by atoms with Crippen molar-refractivity contribution in [2.24, 2.45) is 0 Å². The van der Waals surface area contributed by atoms with Gasteiger partial charge in [0.1, 0.15) is 12.1 Å². The first-order valence-electron chi connectivity index (χ1n) is 10.4. The maximum atomic E-state index is 13.4. The quantitative estimate of drug-likeness (QED) is 0.671. The van der Waals surface area contributed by atoms with Crippen LogP contribution < -0.4 is 5.32 Å². The molecule has 0 saturated carbocycles. The van der Waals surface area contributed by atoms with Crippen molar-refractivity contribution in [2.45, 2.75) is 25.4 Å².